The molecule has 0 saturated carbocycles. The summed E-state index contributed by atoms with van der Waals surface area (Å²) in [6, 6.07) is 0. The first-order valence-corrected chi connectivity index (χ1v) is 3.37. The van der Waals surface area contributed by atoms with Crippen molar-refractivity contribution in [2.24, 2.45) is 11.8 Å². The summed E-state index contributed by atoms with van der Waals surface area (Å²) >= 11 is 0. The molecule has 1 fully saturated rings. The molecule has 0 aromatic heterocycles. The second kappa shape index (κ2) is 2.98. The van der Waals surface area contributed by atoms with E-state index in [1.807, 2.05) is 6.92 Å². The SMILES string of the molecule is CC1CCOC1C(=O)NN. The van der Waals surface area contributed by atoms with Gasteiger partial charge in [0.2, 0.25) is 0 Å². The second-order valence-electron chi connectivity index (χ2n) is 2.57. The highest BCUT2D eigenvalue weighted by atomic mass is 16.5. The van der Waals surface area contributed by atoms with Crippen molar-refractivity contribution in [3.8, 4) is 0 Å². The molecule has 1 aliphatic heterocycles. The van der Waals surface area contributed by atoms with Gasteiger partial charge in [-0.05, 0) is 12.3 Å². The predicted molar refractivity (Wildman–Crippen MR) is 35.9 cm³/mol. The van der Waals surface area contributed by atoms with Gasteiger partial charge in [0.25, 0.3) is 5.91 Å². The number of hydrogen-bond acceptors (Lipinski definition) is 3. The van der Waals surface area contributed by atoms with E-state index in [4.69, 9.17) is 10.6 Å². The lowest BCUT2D eigenvalue weighted by Crippen LogP contribution is -2.41. The molecule has 1 saturated heterocycles. The normalized spacial score (nSPS) is 32.2. The van der Waals surface area contributed by atoms with E-state index < -0.39 is 0 Å². The van der Waals surface area contributed by atoms with E-state index in [9.17, 15) is 4.79 Å². The Morgan fingerprint density at radius 2 is 2.50 bits per heavy atom. The minimum Gasteiger partial charge on any atom is -0.368 e. The molecule has 58 valence electrons. The summed E-state index contributed by atoms with van der Waals surface area (Å²) in [6.07, 6.45) is 0.614. The van der Waals surface area contributed by atoms with Gasteiger partial charge in [-0.15, -0.1) is 0 Å². The lowest BCUT2D eigenvalue weighted by Gasteiger charge is -2.11. The summed E-state index contributed by atoms with van der Waals surface area (Å²) in [5.41, 5.74) is 2.07. The molecule has 3 N–H and O–H groups in total. The molecule has 4 nitrogen and oxygen atoms in total. The first-order chi connectivity index (χ1) is 4.75. The standard InChI is InChI=1S/C6H12N2O2/c1-4-2-3-10-5(4)6(9)8-7/h4-5H,2-3,7H2,1H3,(H,8,9). The minimum absolute atomic E-state index is 0.218. The van der Waals surface area contributed by atoms with E-state index in [0.717, 1.165) is 6.42 Å². The summed E-state index contributed by atoms with van der Waals surface area (Å²) in [7, 11) is 0. The Kier molecular flexibility index (Phi) is 2.24. The maximum atomic E-state index is 10.9. The second-order valence-corrected chi connectivity index (χ2v) is 2.57. The fourth-order valence-electron chi connectivity index (χ4n) is 1.11. The van der Waals surface area contributed by atoms with Crippen LogP contribution in [0.15, 0.2) is 0 Å². The van der Waals surface area contributed by atoms with Crippen molar-refractivity contribution in [2.75, 3.05) is 6.61 Å². The van der Waals surface area contributed by atoms with Gasteiger partial charge in [0.05, 0.1) is 0 Å². The van der Waals surface area contributed by atoms with Gasteiger partial charge in [-0.25, -0.2) is 5.84 Å². The lowest BCUT2D eigenvalue weighted by molar-refractivity contribution is -0.131. The van der Waals surface area contributed by atoms with Crippen LogP contribution in [0.25, 0.3) is 0 Å². The summed E-state index contributed by atoms with van der Waals surface area (Å²) in [6.45, 7) is 2.64. The van der Waals surface area contributed by atoms with Crippen molar-refractivity contribution in [3.05, 3.63) is 0 Å². The summed E-state index contributed by atoms with van der Waals surface area (Å²) in [5.74, 6) is 5.01. The van der Waals surface area contributed by atoms with Gasteiger partial charge in [-0.2, -0.15) is 0 Å². The largest absolute Gasteiger partial charge is 0.368 e. The Hall–Kier alpha value is -0.610. The van der Waals surface area contributed by atoms with Crippen LogP contribution in [-0.4, -0.2) is 18.6 Å². The number of nitrogens with two attached hydrogens (primary N) is 1. The highest BCUT2D eigenvalue weighted by Crippen LogP contribution is 2.19. The summed E-state index contributed by atoms with van der Waals surface area (Å²) in [5, 5.41) is 0. The van der Waals surface area contributed by atoms with Crippen LogP contribution < -0.4 is 11.3 Å². The van der Waals surface area contributed by atoms with Gasteiger partial charge in [0.1, 0.15) is 6.10 Å². The molecular weight excluding hydrogens is 132 g/mol. The van der Waals surface area contributed by atoms with E-state index in [1.54, 1.807) is 0 Å². The molecule has 0 aromatic carbocycles. The third kappa shape index (κ3) is 1.27. The van der Waals surface area contributed by atoms with Crippen LogP contribution in [0.3, 0.4) is 0 Å². The van der Waals surface area contributed by atoms with Crippen LogP contribution >= 0.6 is 0 Å². The minimum atomic E-state index is -0.329. The first-order valence-electron chi connectivity index (χ1n) is 3.37. The van der Waals surface area contributed by atoms with Crippen molar-refractivity contribution < 1.29 is 9.53 Å². The number of rotatable bonds is 1. The Balaban J connectivity index is 2.46. The third-order valence-electron chi connectivity index (χ3n) is 1.79. The highest BCUT2D eigenvalue weighted by Gasteiger charge is 2.29. The average molecular weight is 144 g/mol. The molecular formula is C6H12N2O2. The van der Waals surface area contributed by atoms with E-state index in [1.165, 1.54) is 0 Å². The van der Waals surface area contributed by atoms with E-state index >= 15 is 0 Å². The van der Waals surface area contributed by atoms with Crippen LogP contribution in [0.1, 0.15) is 13.3 Å². The van der Waals surface area contributed by atoms with E-state index in [2.05, 4.69) is 5.43 Å². The summed E-state index contributed by atoms with van der Waals surface area (Å²) < 4.78 is 5.13. The smallest absolute Gasteiger partial charge is 0.263 e. The molecule has 0 bridgehead atoms. The molecule has 2 unspecified atom stereocenters. The Morgan fingerprint density at radius 1 is 1.80 bits per heavy atom. The predicted octanol–water partition coefficient (Wildman–Crippen LogP) is -0.599. The van der Waals surface area contributed by atoms with E-state index in [-0.39, 0.29) is 12.0 Å². The Morgan fingerprint density at radius 3 is 2.90 bits per heavy atom. The zero-order valence-electron chi connectivity index (χ0n) is 5.96. The number of ether oxygens (including phenoxy) is 1. The zero-order valence-corrected chi connectivity index (χ0v) is 5.96. The first kappa shape index (κ1) is 7.50. The molecule has 2 atom stereocenters. The van der Waals surface area contributed by atoms with Crippen molar-refractivity contribution in [2.45, 2.75) is 19.4 Å². The van der Waals surface area contributed by atoms with Crippen LogP contribution in [0.5, 0.6) is 0 Å². The Labute approximate surface area is 59.7 Å². The number of carbonyl (C=O) groups excluding carboxylic acids is 1. The maximum absolute atomic E-state index is 10.9. The van der Waals surface area contributed by atoms with Crippen LogP contribution in [0.2, 0.25) is 0 Å². The van der Waals surface area contributed by atoms with Gasteiger partial charge in [0.15, 0.2) is 0 Å². The van der Waals surface area contributed by atoms with Crippen molar-refractivity contribution in [1.82, 2.24) is 5.43 Å². The van der Waals surface area contributed by atoms with Crippen molar-refractivity contribution >= 4 is 5.91 Å². The monoisotopic (exact) mass is 144 g/mol. The molecule has 10 heavy (non-hydrogen) atoms. The van der Waals surface area contributed by atoms with Crippen molar-refractivity contribution in [3.63, 3.8) is 0 Å². The van der Waals surface area contributed by atoms with Gasteiger partial charge in [0, 0.05) is 6.61 Å². The number of hydrogen-bond donors (Lipinski definition) is 2. The molecule has 0 radical (unpaired) electrons. The number of carbonyl (C=O) groups is 1. The molecule has 0 aromatic rings. The molecule has 1 rings (SSSR count). The van der Waals surface area contributed by atoms with Gasteiger partial charge >= 0.3 is 0 Å². The van der Waals surface area contributed by atoms with Gasteiger partial charge in [-0.1, -0.05) is 6.92 Å². The Bertz CT molecular complexity index is 138. The lowest BCUT2D eigenvalue weighted by atomic mass is 10.0. The fraction of sp³-hybridized carbons (Fsp3) is 0.833. The van der Waals surface area contributed by atoms with Crippen LogP contribution in [0, 0.1) is 5.92 Å². The highest BCUT2D eigenvalue weighted by molar-refractivity contribution is 5.80. The van der Waals surface area contributed by atoms with Gasteiger partial charge in [-0.3, -0.25) is 10.2 Å². The molecule has 4 heteroatoms. The van der Waals surface area contributed by atoms with Crippen LogP contribution in [-0.2, 0) is 9.53 Å². The van der Waals surface area contributed by atoms with Gasteiger partial charge < -0.3 is 4.74 Å². The quantitative estimate of drug-likeness (QED) is 0.293. The number of nitrogens with one attached hydrogen (secondary N) is 1. The molecule has 0 aliphatic carbocycles. The average Bonchev–Trinajstić information content (AvgIpc) is 2.34. The maximum Gasteiger partial charge on any atom is 0.263 e. The molecule has 1 heterocycles. The van der Waals surface area contributed by atoms with Crippen LogP contribution in [0.4, 0.5) is 0 Å². The fourth-order valence-corrected chi connectivity index (χ4v) is 1.11. The molecule has 1 aliphatic rings. The molecule has 0 spiro atoms. The number of hydrazine groups is 1. The molecule has 1 amide bonds. The van der Waals surface area contributed by atoms with E-state index in [0.29, 0.717) is 12.5 Å². The number of amides is 1. The zero-order chi connectivity index (χ0) is 7.56. The summed E-state index contributed by atoms with van der Waals surface area (Å²) in [4.78, 5) is 10.9. The topological polar surface area (TPSA) is 64.3 Å². The third-order valence-corrected chi connectivity index (χ3v) is 1.79. The van der Waals surface area contributed by atoms with Crippen molar-refractivity contribution in [1.29, 1.82) is 0 Å².